The number of amides is 1. The minimum Gasteiger partial charge on any atom is -0.430 e. The monoisotopic (exact) mass is 293 g/mol. The van der Waals surface area contributed by atoms with Gasteiger partial charge in [-0.25, -0.2) is 4.79 Å². The molecular formula is C16H23NO4. The highest BCUT2D eigenvalue weighted by molar-refractivity contribution is 5.79. The van der Waals surface area contributed by atoms with Crippen molar-refractivity contribution in [1.82, 2.24) is 5.32 Å². The van der Waals surface area contributed by atoms with Gasteiger partial charge in [0.1, 0.15) is 12.7 Å². The standard InChI is InChI=1S/C16H23NO4/c18-15(14-9-11-5-6-12(14)8-11)17-7-3-1-2-4-13-10-20-16(19)21-13/h5-6,11-14H,1-4,7-10H2,(H,17,18). The Kier molecular flexibility index (Phi) is 4.46. The zero-order valence-electron chi connectivity index (χ0n) is 12.3. The van der Waals surface area contributed by atoms with Gasteiger partial charge in [0.15, 0.2) is 0 Å². The first-order chi connectivity index (χ1) is 10.2. The van der Waals surface area contributed by atoms with Crippen molar-refractivity contribution >= 4 is 12.1 Å². The summed E-state index contributed by atoms with van der Waals surface area (Å²) in [5, 5.41) is 3.06. The Morgan fingerprint density at radius 1 is 1.24 bits per heavy atom. The van der Waals surface area contributed by atoms with Crippen LogP contribution in [0.4, 0.5) is 4.79 Å². The molecule has 0 radical (unpaired) electrons. The van der Waals surface area contributed by atoms with E-state index in [-0.39, 0.29) is 17.9 Å². The molecule has 1 N–H and O–H groups in total. The zero-order chi connectivity index (χ0) is 14.7. The van der Waals surface area contributed by atoms with E-state index in [1.54, 1.807) is 0 Å². The van der Waals surface area contributed by atoms with Crippen molar-refractivity contribution in [3.63, 3.8) is 0 Å². The molecule has 1 saturated heterocycles. The number of carbonyl (C=O) groups is 2. The molecule has 0 spiro atoms. The van der Waals surface area contributed by atoms with E-state index in [1.165, 1.54) is 6.42 Å². The van der Waals surface area contributed by atoms with Gasteiger partial charge >= 0.3 is 6.16 Å². The Hall–Kier alpha value is -1.52. The molecule has 1 saturated carbocycles. The van der Waals surface area contributed by atoms with Gasteiger partial charge in [0.25, 0.3) is 0 Å². The fraction of sp³-hybridized carbons (Fsp3) is 0.750. The van der Waals surface area contributed by atoms with E-state index in [4.69, 9.17) is 9.47 Å². The summed E-state index contributed by atoms with van der Waals surface area (Å²) >= 11 is 0. The molecule has 2 fully saturated rings. The van der Waals surface area contributed by atoms with E-state index in [9.17, 15) is 9.59 Å². The molecule has 1 heterocycles. The topological polar surface area (TPSA) is 64.6 Å². The van der Waals surface area contributed by atoms with E-state index < -0.39 is 6.16 Å². The average Bonchev–Trinajstić information content (AvgIpc) is 3.19. The Balaban J connectivity index is 1.23. The molecular weight excluding hydrogens is 270 g/mol. The Labute approximate surface area is 125 Å². The number of carbonyl (C=O) groups excluding carboxylic acids is 2. The maximum absolute atomic E-state index is 12.1. The molecule has 4 unspecified atom stereocenters. The Morgan fingerprint density at radius 3 is 2.81 bits per heavy atom. The molecule has 3 aliphatic rings. The fourth-order valence-electron chi connectivity index (χ4n) is 3.61. The molecule has 4 atom stereocenters. The number of hydrogen-bond donors (Lipinski definition) is 1. The Morgan fingerprint density at radius 2 is 2.14 bits per heavy atom. The van der Waals surface area contributed by atoms with Gasteiger partial charge in [-0.3, -0.25) is 4.79 Å². The molecule has 1 amide bonds. The van der Waals surface area contributed by atoms with Crippen LogP contribution >= 0.6 is 0 Å². The summed E-state index contributed by atoms with van der Waals surface area (Å²) in [4.78, 5) is 22.8. The van der Waals surface area contributed by atoms with E-state index in [2.05, 4.69) is 17.5 Å². The van der Waals surface area contributed by atoms with E-state index in [0.29, 0.717) is 18.4 Å². The smallest absolute Gasteiger partial charge is 0.430 e. The summed E-state index contributed by atoms with van der Waals surface area (Å²) < 4.78 is 9.70. The number of fused-ring (bicyclic) bond motifs is 2. The normalized spacial score (nSPS) is 33.0. The van der Waals surface area contributed by atoms with Crippen LogP contribution in [0.1, 0.15) is 38.5 Å². The van der Waals surface area contributed by atoms with Crippen LogP contribution in [-0.2, 0) is 14.3 Å². The summed E-state index contributed by atoms with van der Waals surface area (Å²) in [6.45, 7) is 1.13. The quantitative estimate of drug-likeness (QED) is 0.445. The molecule has 0 aromatic heterocycles. The lowest BCUT2D eigenvalue weighted by molar-refractivity contribution is -0.125. The third kappa shape index (κ3) is 3.57. The number of nitrogens with one attached hydrogen (secondary N) is 1. The summed E-state index contributed by atoms with van der Waals surface area (Å²) in [5.41, 5.74) is 0. The number of rotatable bonds is 7. The van der Waals surface area contributed by atoms with Crippen molar-refractivity contribution in [3.05, 3.63) is 12.2 Å². The third-order valence-corrected chi connectivity index (χ3v) is 4.77. The third-order valence-electron chi connectivity index (χ3n) is 4.77. The first-order valence-electron chi connectivity index (χ1n) is 8.02. The number of hydrogen-bond acceptors (Lipinski definition) is 4. The summed E-state index contributed by atoms with van der Waals surface area (Å²) in [5.74, 6) is 1.55. The molecule has 5 heteroatoms. The summed E-state index contributed by atoms with van der Waals surface area (Å²) in [6, 6.07) is 0. The van der Waals surface area contributed by atoms with Crippen LogP contribution in [0.5, 0.6) is 0 Å². The van der Waals surface area contributed by atoms with E-state index in [1.807, 2.05) is 0 Å². The predicted octanol–water partition coefficient (Wildman–Crippen LogP) is 2.41. The predicted molar refractivity (Wildman–Crippen MR) is 76.5 cm³/mol. The molecule has 5 nitrogen and oxygen atoms in total. The average molecular weight is 293 g/mol. The lowest BCUT2D eigenvalue weighted by Crippen LogP contribution is -2.33. The lowest BCUT2D eigenvalue weighted by Gasteiger charge is -2.17. The molecule has 3 rings (SSSR count). The van der Waals surface area contributed by atoms with Crippen LogP contribution in [0.2, 0.25) is 0 Å². The van der Waals surface area contributed by atoms with Gasteiger partial charge < -0.3 is 14.8 Å². The summed E-state index contributed by atoms with van der Waals surface area (Å²) in [7, 11) is 0. The molecule has 0 aromatic rings. The van der Waals surface area contributed by atoms with Gasteiger partial charge in [-0.2, -0.15) is 0 Å². The van der Waals surface area contributed by atoms with Crippen LogP contribution in [0.15, 0.2) is 12.2 Å². The SMILES string of the molecule is O=C1OCC(CCCCCNC(=O)C2CC3C=CC2C3)O1. The number of allylic oxidation sites excluding steroid dienone is 2. The van der Waals surface area contributed by atoms with Crippen LogP contribution < -0.4 is 5.32 Å². The maximum atomic E-state index is 12.1. The number of unbranched alkanes of at least 4 members (excludes halogenated alkanes) is 2. The van der Waals surface area contributed by atoms with Crippen LogP contribution in [0, 0.1) is 17.8 Å². The van der Waals surface area contributed by atoms with Gasteiger partial charge in [0.2, 0.25) is 5.91 Å². The largest absolute Gasteiger partial charge is 0.508 e. The van der Waals surface area contributed by atoms with Crippen molar-refractivity contribution in [3.8, 4) is 0 Å². The second-order valence-electron chi connectivity index (χ2n) is 6.33. The molecule has 0 aromatic carbocycles. The second-order valence-corrected chi connectivity index (χ2v) is 6.33. The number of ether oxygens (including phenoxy) is 2. The van der Waals surface area contributed by atoms with E-state index >= 15 is 0 Å². The molecule has 2 aliphatic carbocycles. The maximum Gasteiger partial charge on any atom is 0.508 e. The molecule has 2 bridgehead atoms. The minimum atomic E-state index is -0.549. The van der Waals surface area contributed by atoms with Crippen LogP contribution in [0.25, 0.3) is 0 Å². The molecule has 21 heavy (non-hydrogen) atoms. The molecule has 116 valence electrons. The Bertz CT molecular complexity index is 434. The zero-order valence-corrected chi connectivity index (χ0v) is 12.3. The number of cyclic esters (lactones) is 2. The van der Waals surface area contributed by atoms with Gasteiger partial charge in [0, 0.05) is 12.5 Å². The van der Waals surface area contributed by atoms with E-state index in [0.717, 1.165) is 38.6 Å². The highest BCUT2D eigenvalue weighted by Gasteiger charge is 2.39. The van der Waals surface area contributed by atoms with Crippen molar-refractivity contribution in [2.24, 2.45) is 17.8 Å². The fourth-order valence-corrected chi connectivity index (χ4v) is 3.61. The van der Waals surface area contributed by atoms with Crippen molar-refractivity contribution < 1.29 is 19.1 Å². The lowest BCUT2D eigenvalue weighted by atomic mass is 9.93. The van der Waals surface area contributed by atoms with Crippen LogP contribution in [-0.4, -0.2) is 31.3 Å². The van der Waals surface area contributed by atoms with Crippen molar-refractivity contribution in [1.29, 1.82) is 0 Å². The van der Waals surface area contributed by atoms with Crippen LogP contribution in [0.3, 0.4) is 0 Å². The highest BCUT2D eigenvalue weighted by Crippen LogP contribution is 2.43. The highest BCUT2D eigenvalue weighted by atomic mass is 16.8. The summed E-state index contributed by atoms with van der Waals surface area (Å²) in [6.07, 6.45) is 9.89. The van der Waals surface area contributed by atoms with Crippen molar-refractivity contribution in [2.75, 3.05) is 13.2 Å². The van der Waals surface area contributed by atoms with Gasteiger partial charge in [-0.1, -0.05) is 18.6 Å². The second kappa shape index (κ2) is 6.50. The first-order valence-corrected chi connectivity index (χ1v) is 8.02. The minimum absolute atomic E-state index is 0.0760. The van der Waals surface area contributed by atoms with Gasteiger partial charge in [0.05, 0.1) is 0 Å². The molecule has 1 aliphatic heterocycles. The first kappa shape index (κ1) is 14.4. The van der Waals surface area contributed by atoms with Gasteiger partial charge in [-0.05, 0) is 43.9 Å². The van der Waals surface area contributed by atoms with Crippen molar-refractivity contribution in [2.45, 2.75) is 44.6 Å². The van der Waals surface area contributed by atoms with Gasteiger partial charge in [-0.15, -0.1) is 0 Å².